The number of nitrogens with one attached hydrogen (secondary N) is 1. The van der Waals surface area contributed by atoms with Gasteiger partial charge in [-0.05, 0) is 52.2 Å². The van der Waals surface area contributed by atoms with Gasteiger partial charge in [0.1, 0.15) is 5.60 Å². The number of anilines is 2. The molecular weight excluding hydrogens is 330 g/mol. The second-order valence-corrected chi connectivity index (χ2v) is 7.76. The van der Waals surface area contributed by atoms with E-state index in [0.717, 1.165) is 24.5 Å². The van der Waals surface area contributed by atoms with Crippen molar-refractivity contribution in [1.29, 1.82) is 0 Å². The molecule has 26 heavy (non-hydrogen) atoms. The van der Waals surface area contributed by atoms with E-state index in [4.69, 9.17) is 4.74 Å². The summed E-state index contributed by atoms with van der Waals surface area (Å²) in [6.07, 6.45) is 2.98. The molecule has 1 fully saturated rings. The molecule has 0 saturated carbocycles. The zero-order valence-corrected chi connectivity index (χ0v) is 16.4. The summed E-state index contributed by atoms with van der Waals surface area (Å²) in [7, 11) is 1.69. The summed E-state index contributed by atoms with van der Waals surface area (Å²) in [5.74, 6) is -0.0331. The predicted molar refractivity (Wildman–Crippen MR) is 105 cm³/mol. The van der Waals surface area contributed by atoms with E-state index in [1.54, 1.807) is 7.05 Å². The lowest BCUT2D eigenvalue weighted by Gasteiger charge is -2.24. The number of rotatable bonds is 6. The number of hydrogen-bond acceptors (Lipinski definition) is 4. The molecule has 0 bridgehead atoms. The molecule has 144 valence electrons. The minimum atomic E-state index is -0.512. The number of hydrogen-bond donors (Lipinski definition) is 1. The summed E-state index contributed by atoms with van der Waals surface area (Å²) in [5.41, 5.74) is 1.44. The molecule has 1 heterocycles. The molecule has 1 aliphatic rings. The van der Waals surface area contributed by atoms with Crippen LogP contribution >= 0.6 is 0 Å². The van der Waals surface area contributed by atoms with Crippen molar-refractivity contribution in [2.24, 2.45) is 0 Å². The quantitative estimate of drug-likeness (QED) is 0.835. The van der Waals surface area contributed by atoms with Crippen molar-refractivity contribution in [2.75, 3.05) is 36.9 Å². The Hall–Kier alpha value is -2.24. The van der Waals surface area contributed by atoms with Crippen LogP contribution in [-0.2, 0) is 9.53 Å². The third kappa shape index (κ3) is 6.24. The van der Waals surface area contributed by atoms with Crippen LogP contribution in [0, 0.1) is 0 Å². The van der Waals surface area contributed by atoms with Crippen molar-refractivity contribution >= 4 is 23.4 Å². The summed E-state index contributed by atoms with van der Waals surface area (Å²) in [6, 6.07) is 7.93. The Balaban J connectivity index is 1.80. The summed E-state index contributed by atoms with van der Waals surface area (Å²) in [4.78, 5) is 28.0. The third-order valence-electron chi connectivity index (χ3n) is 4.23. The van der Waals surface area contributed by atoms with Crippen LogP contribution in [0.5, 0.6) is 0 Å². The van der Waals surface area contributed by atoms with Gasteiger partial charge in [-0.25, -0.2) is 4.79 Å². The number of amides is 2. The van der Waals surface area contributed by atoms with Crippen LogP contribution < -0.4 is 10.2 Å². The van der Waals surface area contributed by atoms with E-state index in [0.29, 0.717) is 19.4 Å². The van der Waals surface area contributed by atoms with Crippen LogP contribution in [0.25, 0.3) is 0 Å². The molecule has 1 saturated heterocycles. The standard InChI is InChI=1S/C20H31N3O3/c1-20(2,3)26-19(25)22(4)13-9-12-18(24)21-16-10-5-6-11-17(16)23-14-7-8-15-23/h5-6,10-11H,7-9,12-15H2,1-4H3,(H,21,24). The number of carbonyl (C=O) groups excluding carboxylic acids is 2. The maximum absolute atomic E-state index is 12.3. The smallest absolute Gasteiger partial charge is 0.410 e. The molecule has 1 aliphatic heterocycles. The molecule has 0 aromatic heterocycles. The molecule has 0 spiro atoms. The Bertz CT molecular complexity index is 619. The minimum Gasteiger partial charge on any atom is -0.444 e. The zero-order valence-electron chi connectivity index (χ0n) is 16.4. The van der Waals surface area contributed by atoms with Gasteiger partial charge in [0.25, 0.3) is 0 Å². The van der Waals surface area contributed by atoms with Gasteiger partial charge in [0.15, 0.2) is 0 Å². The number of ether oxygens (including phenoxy) is 1. The summed E-state index contributed by atoms with van der Waals surface area (Å²) >= 11 is 0. The first-order chi connectivity index (χ1) is 12.3. The topological polar surface area (TPSA) is 61.9 Å². The fourth-order valence-electron chi connectivity index (χ4n) is 2.93. The molecule has 1 aromatic carbocycles. The van der Waals surface area contributed by atoms with Crippen LogP contribution in [0.4, 0.5) is 16.2 Å². The first-order valence-electron chi connectivity index (χ1n) is 9.34. The number of carbonyl (C=O) groups is 2. The lowest BCUT2D eigenvalue weighted by Crippen LogP contribution is -2.35. The van der Waals surface area contributed by atoms with Gasteiger partial charge in [0.2, 0.25) is 5.91 Å². The molecule has 6 heteroatoms. The van der Waals surface area contributed by atoms with Gasteiger partial charge in [-0.2, -0.15) is 0 Å². The van der Waals surface area contributed by atoms with E-state index in [9.17, 15) is 9.59 Å². The predicted octanol–water partition coefficient (Wildman–Crippen LogP) is 3.87. The Labute approximate surface area is 156 Å². The highest BCUT2D eigenvalue weighted by Gasteiger charge is 2.20. The lowest BCUT2D eigenvalue weighted by molar-refractivity contribution is -0.116. The normalized spacial score (nSPS) is 14.2. The number of benzene rings is 1. The van der Waals surface area contributed by atoms with E-state index < -0.39 is 5.60 Å². The Kier molecular flexibility index (Phi) is 6.89. The molecular formula is C20H31N3O3. The minimum absolute atomic E-state index is 0.0331. The van der Waals surface area contributed by atoms with Gasteiger partial charge < -0.3 is 19.9 Å². The highest BCUT2D eigenvalue weighted by Crippen LogP contribution is 2.28. The Morgan fingerprint density at radius 3 is 2.50 bits per heavy atom. The second-order valence-electron chi connectivity index (χ2n) is 7.76. The van der Waals surface area contributed by atoms with E-state index in [2.05, 4.69) is 16.3 Å². The van der Waals surface area contributed by atoms with Gasteiger partial charge in [-0.1, -0.05) is 12.1 Å². The zero-order chi connectivity index (χ0) is 19.2. The number of para-hydroxylation sites is 2. The fourth-order valence-corrected chi connectivity index (χ4v) is 2.93. The van der Waals surface area contributed by atoms with Gasteiger partial charge in [-0.3, -0.25) is 4.79 Å². The van der Waals surface area contributed by atoms with Crippen LogP contribution in [0.1, 0.15) is 46.5 Å². The van der Waals surface area contributed by atoms with Gasteiger partial charge >= 0.3 is 6.09 Å². The highest BCUT2D eigenvalue weighted by molar-refractivity contribution is 5.94. The monoisotopic (exact) mass is 361 g/mol. The Morgan fingerprint density at radius 2 is 1.85 bits per heavy atom. The summed E-state index contributed by atoms with van der Waals surface area (Å²) in [5, 5.41) is 3.01. The number of nitrogens with zero attached hydrogens (tertiary/aromatic N) is 2. The van der Waals surface area contributed by atoms with E-state index >= 15 is 0 Å². The van der Waals surface area contributed by atoms with Gasteiger partial charge in [0, 0.05) is 33.1 Å². The highest BCUT2D eigenvalue weighted by atomic mass is 16.6. The van der Waals surface area contributed by atoms with Crippen molar-refractivity contribution in [3.05, 3.63) is 24.3 Å². The molecule has 0 aliphatic carbocycles. The first-order valence-corrected chi connectivity index (χ1v) is 9.34. The third-order valence-corrected chi connectivity index (χ3v) is 4.23. The van der Waals surface area contributed by atoms with Crippen molar-refractivity contribution in [2.45, 2.75) is 52.1 Å². The second kappa shape index (κ2) is 8.92. The van der Waals surface area contributed by atoms with Crippen LogP contribution in [-0.4, -0.2) is 49.2 Å². The van der Waals surface area contributed by atoms with Gasteiger partial charge in [-0.15, -0.1) is 0 Å². The molecule has 6 nitrogen and oxygen atoms in total. The van der Waals surface area contributed by atoms with Crippen LogP contribution in [0.15, 0.2) is 24.3 Å². The van der Waals surface area contributed by atoms with Crippen molar-refractivity contribution in [3.8, 4) is 0 Å². The SMILES string of the molecule is CN(CCCC(=O)Nc1ccccc1N1CCCC1)C(=O)OC(C)(C)C. The lowest BCUT2D eigenvalue weighted by atomic mass is 10.2. The molecule has 2 amide bonds. The van der Waals surface area contributed by atoms with Crippen molar-refractivity contribution < 1.29 is 14.3 Å². The van der Waals surface area contributed by atoms with E-state index in [-0.39, 0.29) is 12.0 Å². The molecule has 0 unspecified atom stereocenters. The average Bonchev–Trinajstić information content (AvgIpc) is 3.08. The van der Waals surface area contributed by atoms with Crippen LogP contribution in [0.2, 0.25) is 0 Å². The summed E-state index contributed by atoms with van der Waals surface area (Å²) in [6.45, 7) is 8.06. The fraction of sp³-hybridized carbons (Fsp3) is 0.600. The largest absolute Gasteiger partial charge is 0.444 e. The maximum Gasteiger partial charge on any atom is 0.410 e. The molecule has 0 radical (unpaired) electrons. The molecule has 2 rings (SSSR count). The summed E-state index contributed by atoms with van der Waals surface area (Å²) < 4.78 is 5.31. The maximum atomic E-state index is 12.3. The average molecular weight is 361 g/mol. The Morgan fingerprint density at radius 1 is 1.19 bits per heavy atom. The van der Waals surface area contributed by atoms with Crippen molar-refractivity contribution in [3.63, 3.8) is 0 Å². The van der Waals surface area contributed by atoms with Crippen molar-refractivity contribution in [1.82, 2.24) is 4.90 Å². The van der Waals surface area contributed by atoms with E-state index in [1.807, 2.05) is 39.0 Å². The molecule has 1 N–H and O–H groups in total. The first kappa shape index (κ1) is 20.1. The van der Waals surface area contributed by atoms with E-state index in [1.165, 1.54) is 17.7 Å². The molecule has 1 aromatic rings. The molecule has 0 atom stereocenters. The van der Waals surface area contributed by atoms with Crippen LogP contribution in [0.3, 0.4) is 0 Å². The van der Waals surface area contributed by atoms with Gasteiger partial charge in [0.05, 0.1) is 11.4 Å².